The molecule has 0 radical (unpaired) electrons. The Bertz CT molecular complexity index is 443. The number of nitro benzene ring substituents is 1. The number of nitrogens with one attached hydrogen (secondary N) is 1. The maximum atomic E-state index is 11.6. The van der Waals surface area contributed by atoms with Gasteiger partial charge in [0.1, 0.15) is 0 Å². The first kappa shape index (κ1) is 13.1. The van der Waals surface area contributed by atoms with E-state index in [0.29, 0.717) is 5.56 Å². The quantitative estimate of drug-likeness (QED) is 0.605. The van der Waals surface area contributed by atoms with Gasteiger partial charge in [0, 0.05) is 23.7 Å². The van der Waals surface area contributed by atoms with E-state index in [-0.39, 0.29) is 17.8 Å². The van der Waals surface area contributed by atoms with Crippen LogP contribution in [0, 0.1) is 17.0 Å². The summed E-state index contributed by atoms with van der Waals surface area (Å²) in [5.41, 5.74) is 0.625. The fourth-order valence-electron chi connectivity index (χ4n) is 1.29. The Balaban J connectivity index is 2.88. The van der Waals surface area contributed by atoms with Crippen molar-refractivity contribution in [2.24, 2.45) is 0 Å². The van der Waals surface area contributed by atoms with Gasteiger partial charge in [0.2, 0.25) is 0 Å². The minimum atomic E-state index is -0.653. The van der Waals surface area contributed by atoms with Crippen molar-refractivity contribution < 1.29 is 14.8 Å². The molecule has 17 heavy (non-hydrogen) atoms. The third kappa shape index (κ3) is 3.53. The minimum Gasteiger partial charge on any atom is -0.392 e. The third-order valence-corrected chi connectivity index (χ3v) is 2.23. The van der Waals surface area contributed by atoms with Crippen LogP contribution in [0.25, 0.3) is 0 Å². The smallest absolute Gasteiger partial charge is 0.273 e. The van der Waals surface area contributed by atoms with Crippen molar-refractivity contribution in [3.05, 3.63) is 39.4 Å². The molecule has 0 fully saturated rings. The number of aliphatic hydroxyl groups is 1. The van der Waals surface area contributed by atoms with Gasteiger partial charge < -0.3 is 10.4 Å². The first-order valence-electron chi connectivity index (χ1n) is 5.13. The molecule has 1 atom stereocenters. The average Bonchev–Trinajstić information content (AvgIpc) is 2.26. The molecule has 0 saturated carbocycles. The van der Waals surface area contributed by atoms with Crippen molar-refractivity contribution in [1.82, 2.24) is 5.32 Å². The van der Waals surface area contributed by atoms with Gasteiger partial charge in [0.25, 0.3) is 11.6 Å². The Morgan fingerprint density at radius 3 is 2.76 bits per heavy atom. The molecule has 0 saturated heterocycles. The second-order valence-corrected chi connectivity index (χ2v) is 3.82. The molecule has 1 aromatic rings. The largest absolute Gasteiger partial charge is 0.392 e. The number of rotatable bonds is 4. The number of carbonyl (C=O) groups excluding carboxylic acids is 1. The van der Waals surface area contributed by atoms with E-state index in [0.717, 1.165) is 0 Å². The van der Waals surface area contributed by atoms with Crippen LogP contribution in [0.1, 0.15) is 22.8 Å². The fourth-order valence-corrected chi connectivity index (χ4v) is 1.29. The van der Waals surface area contributed by atoms with Gasteiger partial charge in [-0.2, -0.15) is 0 Å². The van der Waals surface area contributed by atoms with Crippen molar-refractivity contribution in [2.75, 3.05) is 6.54 Å². The first-order valence-corrected chi connectivity index (χ1v) is 5.13. The summed E-state index contributed by atoms with van der Waals surface area (Å²) in [5, 5.41) is 22.2. The van der Waals surface area contributed by atoms with E-state index >= 15 is 0 Å². The van der Waals surface area contributed by atoms with Gasteiger partial charge >= 0.3 is 0 Å². The highest BCUT2D eigenvalue weighted by molar-refractivity contribution is 5.94. The van der Waals surface area contributed by atoms with Crippen molar-refractivity contribution in [1.29, 1.82) is 0 Å². The Hall–Kier alpha value is -1.95. The van der Waals surface area contributed by atoms with Gasteiger partial charge in [0.15, 0.2) is 0 Å². The molecule has 0 spiro atoms. The average molecular weight is 238 g/mol. The van der Waals surface area contributed by atoms with E-state index in [9.17, 15) is 14.9 Å². The van der Waals surface area contributed by atoms with Crippen LogP contribution >= 0.6 is 0 Å². The molecular formula is C11H14N2O4. The lowest BCUT2D eigenvalue weighted by Gasteiger charge is -2.07. The number of amides is 1. The summed E-state index contributed by atoms with van der Waals surface area (Å²) in [6.45, 7) is 3.26. The van der Waals surface area contributed by atoms with Crippen molar-refractivity contribution in [3.63, 3.8) is 0 Å². The number of nitro groups is 1. The molecular weight excluding hydrogens is 224 g/mol. The fraction of sp³-hybridized carbons (Fsp3) is 0.364. The number of hydrogen-bond acceptors (Lipinski definition) is 4. The number of hydrogen-bond donors (Lipinski definition) is 2. The molecule has 1 rings (SSSR count). The summed E-state index contributed by atoms with van der Waals surface area (Å²) in [4.78, 5) is 21.8. The summed E-state index contributed by atoms with van der Waals surface area (Å²) < 4.78 is 0. The Kier molecular flexibility index (Phi) is 4.17. The van der Waals surface area contributed by atoms with E-state index in [4.69, 9.17) is 5.11 Å². The zero-order valence-corrected chi connectivity index (χ0v) is 9.64. The SMILES string of the molecule is Cc1ccc(C(=O)NC[C@H](C)O)cc1[N+](=O)[O-]. The van der Waals surface area contributed by atoms with Crippen LogP contribution in [0.5, 0.6) is 0 Å². The predicted molar refractivity (Wildman–Crippen MR) is 61.8 cm³/mol. The summed E-state index contributed by atoms with van der Waals surface area (Å²) in [7, 11) is 0. The second-order valence-electron chi connectivity index (χ2n) is 3.82. The molecule has 0 aliphatic carbocycles. The Morgan fingerprint density at radius 2 is 2.24 bits per heavy atom. The second kappa shape index (κ2) is 5.40. The van der Waals surface area contributed by atoms with Crippen molar-refractivity contribution in [3.8, 4) is 0 Å². The molecule has 2 N–H and O–H groups in total. The van der Waals surface area contributed by atoms with Gasteiger partial charge in [-0.15, -0.1) is 0 Å². The lowest BCUT2D eigenvalue weighted by molar-refractivity contribution is -0.385. The van der Waals surface area contributed by atoms with Gasteiger partial charge in [0.05, 0.1) is 11.0 Å². The molecule has 6 nitrogen and oxygen atoms in total. The molecule has 0 heterocycles. The molecule has 6 heteroatoms. The molecule has 0 bridgehead atoms. The van der Waals surface area contributed by atoms with E-state index in [2.05, 4.69) is 5.32 Å². The zero-order chi connectivity index (χ0) is 13.0. The topological polar surface area (TPSA) is 92.5 Å². The molecule has 92 valence electrons. The number of nitrogens with zero attached hydrogens (tertiary/aromatic N) is 1. The number of aryl methyl sites for hydroxylation is 1. The Morgan fingerprint density at radius 1 is 1.59 bits per heavy atom. The van der Waals surface area contributed by atoms with E-state index in [1.165, 1.54) is 25.1 Å². The zero-order valence-electron chi connectivity index (χ0n) is 9.64. The van der Waals surface area contributed by atoms with Gasteiger partial charge in [-0.25, -0.2) is 0 Å². The summed E-state index contributed by atoms with van der Waals surface area (Å²) >= 11 is 0. The van der Waals surface area contributed by atoms with Crippen LogP contribution in [-0.4, -0.2) is 28.6 Å². The molecule has 0 unspecified atom stereocenters. The first-order chi connectivity index (χ1) is 7.91. The van der Waals surface area contributed by atoms with Gasteiger partial charge in [-0.3, -0.25) is 14.9 Å². The summed E-state index contributed by atoms with van der Waals surface area (Å²) in [6.07, 6.45) is -0.653. The number of carbonyl (C=O) groups is 1. The maximum Gasteiger partial charge on any atom is 0.273 e. The lowest BCUT2D eigenvalue weighted by Crippen LogP contribution is -2.30. The van der Waals surface area contributed by atoms with Crippen LogP contribution < -0.4 is 5.32 Å². The van der Waals surface area contributed by atoms with Gasteiger partial charge in [-0.05, 0) is 19.9 Å². The molecule has 1 amide bonds. The number of benzene rings is 1. The Labute approximate surface area is 98.4 Å². The van der Waals surface area contributed by atoms with Crippen molar-refractivity contribution in [2.45, 2.75) is 20.0 Å². The standard InChI is InChI=1S/C11H14N2O4/c1-7-3-4-9(5-10(7)13(16)17)11(15)12-6-8(2)14/h3-5,8,14H,6H2,1-2H3,(H,12,15)/t8-/m0/s1. The monoisotopic (exact) mass is 238 g/mol. The predicted octanol–water partition coefficient (Wildman–Crippen LogP) is 1.01. The highest BCUT2D eigenvalue weighted by atomic mass is 16.6. The normalized spacial score (nSPS) is 11.9. The van der Waals surface area contributed by atoms with Crippen LogP contribution in [-0.2, 0) is 0 Å². The van der Waals surface area contributed by atoms with Crippen LogP contribution in [0.2, 0.25) is 0 Å². The summed E-state index contributed by atoms with van der Waals surface area (Å²) in [6, 6.07) is 4.27. The van der Waals surface area contributed by atoms with E-state index in [1.54, 1.807) is 6.92 Å². The van der Waals surface area contributed by atoms with Crippen LogP contribution in [0.15, 0.2) is 18.2 Å². The molecule has 0 aromatic heterocycles. The molecule has 0 aliphatic rings. The van der Waals surface area contributed by atoms with Crippen LogP contribution in [0.4, 0.5) is 5.69 Å². The van der Waals surface area contributed by atoms with E-state index in [1.807, 2.05) is 0 Å². The number of aliphatic hydroxyl groups excluding tert-OH is 1. The van der Waals surface area contributed by atoms with Gasteiger partial charge in [-0.1, -0.05) is 6.07 Å². The third-order valence-electron chi connectivity index (χ3n) is 2.23. The van der Waals surface area contributed by atoms with Crippen LogP contribution in [0.3, 0.4) is 0 Å². The summed E-state index contributed by atoms with van der Waals surface area (Å²) in [5.74, 6) is -0.436. The highest BCUT2D eigenvalue weighted by Crippen LogP contribution is 2.19. The minimum absolute atomic E-state index is 0.0882. The maximum absolute atomic E-state index is 11.6. The lowest BCUT2D eigenvalue weighted by atomic mass is 10.1. The van der Waals surface area contributed by atoms with Crippen molar-refractivity contribution >= 4 is 11.6 Å². The highest BCUT2D eigenvalue weighted by Gasteiger charge is 2.14. The van der Waals surface area contributed by atoms with E-state index < -0.39 is 16.9 Å². The molecule has 0 aliphatic heterocycles. The molecule has 1 aromatic carbocycles.